The van der Waals surface area contributed by atoms with Gasteiger partial charge in [0, 0.05) is 6.04 Å². The highest BCUT2D eigenvalue weighted by Gasteiger charge is 2.19. The van der Waals surface area contributed by atoms with Gasteiger partial charge < -0.3 is 15.2 Å². The average molecular weight is 320 g/mol. The Morgan fingerprint density at radius 3 is 2.74 bits per heavy atom. The number of esters is 1. The number of likely N-dealkylation sites (tertiary alicyclic amines) is 1. The van der Waals surface area contributed by atoms with E-state index in [1.54, 1.807) is 18.2 Å². The Morgan fingerprint density at radius 2 is 2.04 bits per heavy atom. The highest BCUT2D eigenvalue weighted by Crippen LogP contribution is 2.23. The molecule has 2 N–H and O–H groups in total. The van der Waals surface area contributed by atoms with Crippen LogP contribution in [0, 0.1) is 0 Å². The zero-order valence-electron chi connectivity index (χ0n) is 14.2. The number of benzene rings is 1. The number of carbonyl (C=O) groups excluding carboxylic acids is 1. The van der Waals surface area contributed by atoms with Crippen LogP contribution in [-0.4, -0.2) is 43.2 Å². The maximum absolute atomic E-state index is 12.2. The number of nitrogen functional groups attached to an aromatic ring is 1. The second-order valence-corrected chi connectivity index (χ2v) is 6.15. The molecule has 0 saturated carbocycles. The molecule has 1 fully saturated rings. The van der Waals surface area contributed by atoms with Crippen LogP contribution < -0.4 is 10.5 Å². The molecule has 2 rings (SSSR count). The molecule has 23 heavy (non-hydrogen) atoms. The summed E-state index contributed by atoms with van der Waals surface area (Å²) < 4.78 is 11.0. The molecular weight excluding hydrogens is 292 g/mol. The first-order chi connectivity index (χ1) is 11.1. The minimum Gasteiger partial charge on any atom is -0.491 e. The molecule has 0 aliphatic carbocycles. The fourth-order valence-corrected chi connectivity index (χ4v) is 2.74. The minimum atomic E-state index is -0.324. The maximum Gasteiger partial charge on any atom is 0.338 e. The lowest BCUT2D eigenvalue weighted by molar-refractivity contribution is 0.0347. The number of rotatable bonds is 7. The first kappa shape index (κ1) is 17.6. The van der Waals surface area contributed by atoms with Crippen molar-refractivity contribution in [2.75, 3.05) is 32.0 Å². The first-order valence-electron chi connectivity index (χ1n) is 8.55. The summed E-state index contributed by atoms with van der Waals surface area (Å²) in [5.74, 6) is 0.223. The van der Waals surface area contributed by atoms with E-state index in [0.717, 1.165) is 19.5 Å². The average Bonchev–Trinajstić information content (AvgIpc) is 2.59. The summed E-state index contributed by atoms with van der Waals surface area (Å²) in [7, 11) is 0. The second kappa shape index (κ2) is 8.77. The van der Waals surface area contributed by atoms with Crippen molar-refractivity contribution in [3.8, 4) is 5.75 Å². The second-order valence-electron chi connectivity index (χ2n) is 6.15. The smallest absolute Gasteiger partial charge is 0.338 e. The SMILES string of the molecule is CCCOc1cc(C(=O)OC[C@H](C)N2CCCCC2)ccc1N. The first-order valence-corrected chi connectivity index (χ1v) is 8.55. The van der Waals surface area contributed by atoms with Gasteiger partial charge in [0.1, 0.15) is 12.4 Å². The van der Waals surface area contributed by atoms with Crippen LogP contribution in [0.15, 0.2) is 18.2 Å². The van der Waals surface area contributed by atoms with Gasteiger partial charge in [0.25, 0.3) is 0 Å². The van der Waals surface area contributed by atoms with Gasteiger partial charge in [-0.25, -0.2) is 4.79 Å². The Kier molecular flexibility index (Phi) is 6.71. The van der Waals surface area contributed by atoms with Crippen molar-refractivity contribution in [2.24, 2.45) is 0 Å². The van der Waals surface area contributed by atoms with Crippen LogP contribution in [0.25, 0.3) is 0 Å². The Balaban J connectivity index is 1.89. The van der Waals surface area contributed by atoms with Crippen molar-refractivity contribution in [2.45, 2.75) is 45.6 Å². The van der Waals surface area contributed by atoms with Gasteiger partial charge in [-0.3, -0.25) is 4.90 Å². The third-order valence-electron chi connectivity index (χ3n) is 4.18. The highest BCUT2D eigenvalue weighted by atomic mass is 16.5. The molecular formula is C18H28N2O3. The van der Waals surface area contributed by atoms with Gasteiger partial charge >= 0.3 is 5.97 Å². The minimum absolute atomic E-state index is 0.254. The zero-order valence-corrected chi connectivity index (χ0v) is 14.2. The van der Waals surface area contributed by atoms with Gasteiger partial charge in [-0.15, -0.1) is 0 Å². The molecule has 0 spiro atoms. The summed E-state index contributed by atoms with van der Waals surface area (Å²) in [5.41, 5.74) is 6.89. The van der Waals surface area contributed by atoms with E-state index in [-0.39, 0.29) is 12.0 Å². The van der Waals surface area contributed by atoms with Crippen molar-refractivity contribution < 1.29 is 14.3 Å². The number of hydrogen-bond donors (Lipinski definition) is 1. The van der Waals surface area contributed by atoms with Crippen LogP contribution in [0.4, 0.5) is 5.69 Å². The molecule has 1 heterocycles. The molecule has 1 aromatic carbocycles. The molecule has 0 radical (unpaired) electrons. The molecule has 1 aliphatic rings. The summed E-state index contributed by atoms with van der Waals surface area (Å²) >= 11 is 0. The lowest BCUT2D eigenvalue weighted by atomic mass is 10.1. The topological polar surface area (TPSA) is 64.8 Å². The molecule has 0 amide bonds. The van der Waals surface area contributed by atoms with Crippen LogP contribution in [0.1, 0.15) is 49.9 Å². The number of ether oxygens (including phenoxy) is 2. The Labute approximate surface area is 138 Å². The third-order valence-corrected chi connectivity index (χ3v) is 4.18. The van der Waals surface area contributed by atoms with E-state index in [0.29, 0.717) is 30.2 Å². The number of carbonyl (C=O) groups is 1. The van der Waals surface area contributed by atoms with E-state index in [1.165, 1.54) is 19.3 Å². The highest BCUT2D eigenvalue weighted by molar-refractivity contribution is 5.90. The molecule has 1 aromatic rings. The van der Waals surface area contributed by atoms with Crippen LogP contribution >= 0.6 is 0 Å². The van der Waals surface area contributed by atoms with E-state index < -0.39 is 0 Å². The Morgan fingerprint density at radius 1 is 1.30 bits per heavy atom. The molecule has 1 saturated heterocycles. The van der Waals surface area contributed by atoms with Crippen LogP contribution in [-0.2, 0) is 4.74 Å². The van der Waals surface area contributed by atoms with Gasteiger partial charge in [0.2, 0.25) is 0 Å². The quantitative estimate of drug-likeness (QED) is 0.618. The number of piperidine rings is 1. The standard InChI is InChI=1S/C18H28N2O3/c1-3-11-22-17-12-15(7-8-16(17)19)18(21)23-13-14(2)20-9-5-4-6-10-20/h7-8,12,14H,3-6,9-11,13,19H2,1-2H3/t14-/m0/s1. The Hall–Kier alpha value is -1.75. The molecule has 128 valence electrons. The summed E-state index contributed by atoms with van der Waals surface area (Å²) in [4.78, 5) is 14.6. The van der Waals surface area contributed by atoms with Crippen molar-refractivity contribution in [1.82, 2.24) is 4.90 Å². The van der Waals surface area contributed by atoms with Crippen molar-refractivity contribution in [3.63, 3.8) is 0 Å². The van der Waals surface area contributed by atoms with Gasteiger partial charge in [0.15, 0.2) is 0 Å². The van der Waals surface area contributed by atoms with E-state index in [1.807, 2.05) is 6.92 Å². The summed E-state index contributed by atoms with van der Waals surface area (Å²) in [6.07, 6.45) is 4.65. The van der Waals surface area contributed by atoms with Gasteiger partial charge in [-0.05, 0) is 57.5 Å². The molecule has 1 atom stereocenters. The lowest BCUT2D eigenvalue weighted by Gasteiger charge is -2.31. The van der Waals surface area contributed by atoms with E-state index >= 15 is 0 Å². The largest absolute Gasteiger partial charge is 0.491 e. The molecule has 0 aromatic heterocycles. The summed E-state index contributed by atoms with van der Waals surface area (Å²) in [5, 5.41) is 0. The normalized spacial score (nSPS) is 16.8. The van der Waals surface area contributed by atoms with Crippen LogP contribution in [0.5, 0.6) is 5.75 Å². The van der Waals surface area contributed by atoms with Crippen molar-refractivity contribution in [3.05, 3.63) is 23.8 Å². The van der Waals surface area contributed by atoms with Gasteiger partial charge in [-0.1, -0.05) is 13.3 Å². The predicted octanol–water partition coefficient (Wildman–Crippen LogP) is 3.09. The van der Waals surface area contributed by atoms with E-state index in [2.05, 4.69) is 11.8 Å². The number of hydrogen-bond acceptors (Lipinski definition) is 5. The summed E-state index contributed by atoms with van der Waals surface area (Å²) in [6.45, 7) is 7.31. The summed E-state index contributed by atoms with van der Waals surface area (Å²) in [6, 6.07) is 5.29. The maximum atomic E-state index is 12.2. The third kappa shape index (κ3) is 5.13. The van der Waals surface area contributed by atoms with E-state index in [4.69, 9.17) is 15.2 Å². The molecule has 0 bridgehead atoms. The number of nitrogens with zero attached hydrogens (tertiary/aromatic N) is 1. The fraction of sp³-hybridized carbons (Fsp3) is 0.611. The van der Waals surface area contributed by atoms with Crippen LogP contribution in [0.2, 0.25) is 0 Å². The molecule has 5 nitrogen and oxygen atoms in total. The fourth-order valence-electron chi connectivity index (χ4n) is 2.74. The van der Waals surface area contributed by atoms with Crippen molar-refractivity contribution in [1.29, 1.82) is 0 Å². The van der Waals surface area contributed by atoms with Crippen LogP contribution in [0.3, 0.4) is 0 Å². The molecule has 1 aliphatic heterocycles. The monoisotopic (exact) mass is 320 g/mol. The molecule has 5 heteroatoms. The predicted molar refractivity (Wildman–Crippen MR) is 91.8 cm³/mol. The Bertz CT molecular complexity index is 513. The van der Waals surface area contributed by atoms with Gasteiger partial charge in [0.05, 0.1) is 17.9 Å². The van der Waals surface area contributed by atoms with Crippen molar-refractivity contribution >= 4 is 11.7 Å². The molecule has 0 unspecified atom stereocenters. The number of nitrogens with two attached hydrogens (primary N) is 1. The lowest BCUT2D eigenvalue weighted by Crippen LogP contribution is -2.40. The number of anilines is 1. The van der Waals surface area contributed by atoms with Gasteiger partial charge in [-0.2, -0.15) is 0 Å². The zero-order chi connectivity index (χ0) is 16.7. The van der Waals surface area contributed by atoms with E-state index in [9.17, 15) is 4.79 Å².